The smallest absolute Gasteiger partial charge is 0.306 e. The first-order valence-electron chi connectivity index (χ1n) is 4.09. The molecule has 5 heteroatoms. The molecular formula is C8H9IN2O2. The van der Waals surface area contributed by atoms with Crippen LogP contribution in [0, 0.1) is 9.49 Å². The fourth-order valence-corrected chi connectivity index (χ4v) is 1.93. The van der Waals surface area contributed by atoms with Gasteiger partial charge >= 0.3 is 5.97 Å². The van der Waals surface area contributed by atoms with Crippen LogP contribution in [-0.2, 0) is 4.79 Å². The third-order valence-corrected chi connectivity index (χ3v) is 2.96. The quantitative estimate of drug-likeness (QED) is 0.841. The van der Waals surface area contributed by atoms with Crippen LogP contribution in [0.3, 0.4) is 0 Å². The largest absolute Gasteiger partial charge is 0.481 e. The molecule has 0 saturated heterocycles. The molecule has 4 nitrogen and oxygen atoms in total. The van der Waals surface area contributed by atoms with Crippen LogP contribution in [0.2, 0.25) is 0 Å². The van der Waals surface area contributed by atoms with E-state index < -0.39 is 5.97 Å². The summed E-state index contributed by atoms with van der Waals surface area (Å²) in [4.78, 5) is 10.5. The van der Waals surface area contributed by atoms with E-state index in [0.29, 0.717) is 18.9 Å². The van der Waals surface area contributed by atoms with Gasteiger partial charge < -0.3 is 5.11 Å². The first-order valence-corrected chi connectivity index (χ1v) is 5.17. The molecule has 1 aromatic rings. The van der Waals surface area contributed by atoms with Crippen molar-refractivity contribution in [3.63, 3.8) is 0 Å². The maximum Gasteiger partial charge on any atom is 0.306 e. The molecule has 1 aliphatic carbocycles. The average molecular weight is 292 g/mol. The molecule has 0 amide bonds. The summed E-state index contributed by atoms with van der Waals surface area (Å²) in [6, 6.07) is 0.296. The summed E-state index contributed by atoms with van der Waals surface area (Å²) in [5, 5.41) is 12.8. The predicted molar refractivity (Wildman–Crippen MR) is 54.3 cm³/mol. The lowest BCUT2D eigenvalue weighted by Crippen LogP contribution is -2.32. The van der Waals surface area contributed by atoms with Gasteiger partial charge in [0.1, 0.15) is 0 Å². The first-order chi connectivity index (χ1) is 6.16. The van der Waals surface area contributed by atoms with E-state index in [1.54, 1.807) is 6.20 Å². The highest BCUT2D eigenvalue weighted by Crippen LogP contribution is 2.37. The van der Waals surface area contributed by atoms with E-state index in [-0.39, 0.29) is 5.92 Å². The molecule has 1 fully saturated rings. The molecule has 0 aliphatic heterocycles. The predicted octanol–water partition coefficient (Wildman–Crippen LogP) is 1.52. The van der Waals surface area contributed by atoms with E-state index >= 15 is 0 Å². The highest BCUT2D eigenvalue weighted by atomic mass is 127. The molecule has 13 heavy (non-hydrogen) atoms. The Balaban J connectivity index is 1.97. The number of halogens is 1. The van der Waals surface area contributed by atoms with Crippen LogP contribution >= 0.6 is 22.6 Å². The van der Waals surface area contributed by atoms with E-state index in [1.165, 1.54) is 0 Å². The van der Waals surface area contributed by atoms with Gasteiger partial charge in [-0.2, -0.15) is 5.10 Å². The van der Waals surface area contributed by atoms with Crippen molar-refractivity contribution in [2.45, 2.75) is 18.9 Å². The average Bonchev–Trinajstić information content (AvgIpc) is 2.31. The number of carboxylic acid groups (broad SMARTS) is 1. The van der Waals surface area contributed by atoms with Crippen LogP contribution in [0.5, 0.6) is 0 Å². The number of hydrogen-bond acceptors (Lipinski definition) is 2. The highest BCUT2D eigenvalue weighted by molar-refractivity contribution is 14.1. The minimum atomic E-state index is -0.682. The SMILES string of the molecule is O=C(O)C1CC(n2cc(I)cn2)C1. The second-order valence-electron chi connectivity index (χ2n) is 3.30. The maximum atomic E-state index is 10.5. The molecule has 0 unspecified atom stereocenters. The lowest BCUT2D eigenvalue weighted by atomic mass is 9.80. The number of carbonyl (C=O) groups is 1. The van der Waals surface area contributed by atoms with Crippen LogP contribution in [0.15, 0.2) is 12.4 Å². The number of carboxylic acids is 1. The monoisotopic (exact) mass is 292 g/mol. The van der Waals surface area contributed by atoms with Gasteiger partial charge in [0.25, 0.3) is 0 Å². The molecule has 1 saturated carbocycles. The molecule has 0 aromatic carbocycles. The fraction of sp³-hybridized carbons (Fsp3) is 0.500. The van der Waals surface area contributed by atoms with Crippen molar-refractivity contribution in [1.29, 1.82) is 0 Å². The molecule has 0 radical (unpaired) electrons. The first kappa shape index (κ1) is 8.98. The lowest BCUT2D eigenvalue weighted by molar-refractivity contribution is -0.146. The van der Waals surface area contributed by atoms with Gasteiger partial charge in [-0.05, 0) is 35.4 Å². The zero-order valence-electron chi connectivity index (χ0n) is 6.85. The molecule has 1 heterocycles. The normalized spacial score (nSPS) is 26.8. The Morgan fingerprint density at radius 1 is 1.69 bits per heavy atom. The van der Waals surface area contributed by atoms with Crippen LogP contribution in [0.1, 0.15) is 18.9 Å². The minimum absolute atomic E-state index is 0.160. The van der Waals surface area contributed by atoms with Crippen molar-refractivity contribution in [3.05, 3.63) is 16.0 Å². The van der Waals surface area contributed by atoms with Crippen LogP contribution < -0.4 is 0 Å². The van der Waals surface area contributed by atoms with Gasteiger partial charge in [-0.1, -0.05) is 0 Å². The fourth-order valence-electron chi connectivity index (χ4n) is 1.52. The van der Waals surface area contributed by atoms with E-state index in [9.17, 15) is 4.79 Å². The molecule has 1 N–H and O–H groups in total. The molecule has 1 aromatic heterocycles. The van der Waals surface area contributed by atoms with Gasteiger partial charge in [0.2, 0.25) is 0 Å². The summed E-state index contributed by atoms with van der Waals surface area (Å²) >= 11 is 2.19. The summed E-state index contributed by atoms with van der Waals surface area (Å²) in [5.41, 5.74) is 0. The Morgan fingerprint density at radius 3 is 2.85 bits per heavy atom. The van der Waals surface area contributed by atoms with Crippen molar-refractivity contribution >= 4 is 28.6 Å². The zero-order valence-corrected chi connectivity index (χ0v) is 9.01. The van der Waals surface area contributed by atoms with Crippen LogP contribution in [-0.4, -0.2) is 20.9 Å². The molecule has 0 bridgehead atoms. The molecule has 2 rings (SSSR count). The van der Waals surface area contributed by atoms with Gasteiger partial charge in [0.05, 0.1) is 21.7 Å². The Morgan fingerprint density at radius 2 is 2.38 bits per heavy atom. The van der Waals surface area contributed by atoms with E-state index in [1.807, 2.05) is 10.9 Å². The number of aliphatic carboxylic acids is 1. The second-order valence-corrected chi connectivity index (χ2v) is 4.54. The van der Waals surface area contributed by atoms with E-state index in [4.69, 9.17) is 5.11 Å². The topological polar surface area (TPSA) is 55.1 Å². The molecule has 1 aliphatic rings. The van der Waals surface area contributed by atoms with Crippen molar-refractivity contribution in [3.8, 4) is 0 Å². The van der Waals surface area contributed by atoms with Crippen molar-refractivity contribution in [1.82, 2.24) is 9.78 Å². The van der Waals surface area contributed by atoms with Gasteiger partial charge in [0.15, 0.2) is 0 Å². The van der Waals surface area contributed by atoms with Crippen molar-refractivity contribution in [2.75, 3.05) is 0 Å². The molecule has 70 valence electrons. The summed E-state index contributed by atoms with van der Waals surface area (Å²) in [5.74, 6) is -0.843. The number of rotatable bonds is 2. The molecular weight excluding hydrogens is 283 g/mol. The third-order valence-electron chi connectivity index (χ3n) is 2.41. The summed E-state index contributed by atoms with van der Waals surface area (Å²) in [6.45, 7) is 0. The Labute approximate surface area is 89.1 Å². The van der Waals surface area contributed by atoms with Gasteiger partial charge in [-0.15, -0.1) is 0 Å². The Hall–Kier alpha value is -0.590. The standard InChI is InChI=1S/C8H9IN2O2/c9-6-3-10-11(4-6)7-1-5(2-7)8(12)13/h3-5,7H,1-2H2,(H,12,13). The maximum absolute atomic E-state index is 10.5. The van der Waals surface area contributed by atoms with Crippen molar-refractivity contribution < 1.29 is 9.90 Å². The second kappa shape index (κ2) is 3.28. The third kappa shape index (κ3) is 1.70. The van der Waals surface area contributed by atoms with Gasteiger partial charge in [-0.3, -0.25) is 9.48 Å². The molecule has 0 spiro atoms. The number of nitrogens with zero attached hydrogens (tertiary/aromatic N) is 2. The minimum Gasteiger partial charge on any atom is -0.481 e. The summed E-state index contributed by atoms with van der Waals surface area (Å²) in [7, 11) is 0. The molecule has 0 atom stereocenters. The highest BCUT2D eigenvalue weighted by Gasteiger charge is 2.35. The van der Waals surface area contributed by atoms with Gasteiger partial charge in [0, 0.05) is 6.20 Å². The van der Waals surface area contributed by atoms with Gasteiger partial charge in [-0.25, -0.2) is 0 Å². The Kier molecular flexibility index (Phi) is 2.27. The summed E-state index contributed by atoms with van der Waals surface area (Å²) in [6.07, 6.45) is 5.16. The Bertz CT molecular complexity index is 331. The van der Waals surface area contributed by atoms with Crippen LogP contribution in [0.25, 0.3) is 0 Å². The lowest BCUT2D eigenvalue weighted by Gasteiger charge is -2.32. The number of aromatic nitrogens is 2. The van der Waals surface area contributed by atoms with E-state index in [2.05, 4.69) is 27.7 Å². The summed E-state index contributed by atoms with van der Waals surface area (Å²) < 4.78 is 2.96. The van der Waals surface area contributed by atoms with Crippen molar-refractivity contribution in [2.24, 2.45) is 5.92 Å². The van der Waals surface area contributed by atoms with E-state index in [0.717, 1.165) is 3.57 Å². The zero-order chi connectivity index (χ0) is 9.42. The number of hydrogen-bond donors (Lipinski definition) is 1. The van der Waals surface area contributed by atoms with Crippen LogP contribution in [0.4, 0.5) is 0 Å².